The molecule has 2 saturated carbocycles. The molecular formula is C22H36O3. The third-order valence-corrected chi connectivity index (χ3v) is 7.05. The highest BCUT2D eigenvalue weighted by molar-refractivity contribution is 5.66. The molecule has 4 atom stereocenters. The Morgan fingerprint density at radius 3 is 2.72 bits per heavy atom. The molecule has 3 heteroatoms. The van der Waals surface area contributed by atoms with Gasteiger partial charge in [0.05, 0.1) is 0 Å². The van der Waals surface area contributed by atoms with E-state index in [4.69, 9.17) is 4.74 Å². The van der Waals surface area contributed by atoms with Crippen LogP contribution in [0.5, 0.6) is 0 Å². The van der Waals surface area contributed by atoms with Gasteiger partial charge >= 0.3 is 5.97 Å². The summed E-state index contributed by atoms with van der Waals surface area (Å²) in [5.74, 6) is 0.875. The van der Waals surface area contributed by atoms with Crippen molar-refractivity contribution in [2.75, 3.05) is 13.2 Å². The van der Waals surface area contributed by atoms with Gasteiger partial charge in [0, 0.05) is 13.5 Å². The van der Waals surface area contributed by atoms with E-state index in [1.807, 2.05) is 6.08 Å². The largest absolute Gasteiger partial charge is 0.462 e. The second kappa shape index (κ2) is 8.07. The van der Waals surface area contributed by atoms with Gasteiger partial charge in [0.25, 0.3) is 0 Å². The second-order valence-corrected chi connectivity index (χ2v) is 8.87. The van der Waals surface area contributed by atoms with E-state index >= 15 is 0 Å². The zero-order valence-electron chi connectivity index (χ0n) is 16.6. The van der Waals surface area contributed by atoms with Gasteiger partial charge in [0.15, 0.2) is 0 Å². The van der Waals surface area contributed by atoms with Gasteiger partial charge in [-0.1, -0.05) is 38.0 Å². The molecule has 4 unspecified atom stereocenters. The SMILES string of the molecule is C=C1CCC2C(C)(CO)CCCC2(C)C1CCC(C)=CCOC(C)=O. The molecule has 2 aliphatic carbocycles. The number of aliphatic hydroxyl groups excluding tert-OH is 1. The predicted molar refractivity (Wildman–Crippen MR) is 102 cm³/mol. The molecule has 142 valence electrons. The average Bonchev–Trinajstić information content (AvgIpc) is 2.53. The summed E-state index contributed by atoms with van der Waals surface area (Å²) in [5, 5.41) is 10.0. The van der Waals surface area contributed by atoms with Crippen LogP contribution in [0.2, 0.25) is 0 Å². The smallest absolute Gasteiger partial charge is 0.302 e. The average molecular weight is 349 g/mol. The minimum Gasteiger partial charge on any atom is -0.462 e. The Morgan fingerprint density at radius 1 is 1.36 bits per heavy atom. The van der Waals surface area contributed by atoms with Gasteiger partial charge in [-0.25, -0.2) is 0 Å². The molecule has 0 heterocycles. The van der Waals surface area contributed by atoms with E-state index in [9.17, 15) is 9.90 Å². The highest BCUT2D eigenvalue weighted by atomic mass is 16.5. The third kappa shape index (κ3) is 4.36. The van der Waals surface area contributed by atoms with Crippen LogP contribution in [-0.2, 0) is 9.53 Å². The van der Waals surface area contributed by atoms with Gasteiger partial charge in [0.1, 0.15) is 6.61 Å². The first kappa shape index (κ1) is 20.2. The topological polar surface area (TPSA) is 46.5 Å². The molecule has 0 aromatic rings. The van der Waals surface area contributed by atoms with E-state index in [0.717, 1.165) is 25.7 Å². The molecule has 0 aromatic heterocycles. The quantitative estimate of drug-likeness (QED) is 0.540. The lowest BCUT2D eigenvalue weighted by atomic mass is 9.47. The number of aliphatic hydroxyl groups is 1. The second-order valence-electron chi connectivity index (χ2n) is 8.87. The van der Waals surface area contributed by atoms with Crippen molar-refractivity contribution in [2.45, 2.75) is 72.6 Å². The fourth-order valence-electron chi connectivity index (χ4n) is 5.58. The summed E-state index contributed by atoms with van der Waals surface area (Å²) in [7, 11) is 0. The van der Waals surface area contributed by atoms with Gasteiger partial charge in [-0.15, -0.1) is 0 Å². The number of ether oxygens (including phenoxy) is 1. The maximum atomic E-state index is 10.9. The fraction of sp³-hybridized carbons (Fsp3) is 0.773. The zero-order valence-corrected chi connectivity index (χ0v) is 16.6. The van der Waals surface area contributed by atoms with E-state index in [1.54, 1.807) is 0 Å². The Kier molecular flexibility index (Phi) is 6.53. The van der Waals surface area contributed by atoms with Crippen LogP contribution in [0.4, 0.5) is 0 Å². The highest BCUT2D eigenvalue weighted by Gasteiger charge is 2.53. The van der Waals surface area contributed by atoms with Crippen molar-refractivity contribution in [3.8, 4) is 0 Å². The number of hydrogen-bond donors (Lipinski definition) is 1. The molecule has 2 fully saturated rings. The summed E-state index contributed by atoms with van der Waals surface area (Å²) in [4.78, 5) is 10.9. The maximum absolute atomic E-state index is 10.9. The van der Waals surface area contributed by atoms with E-state index < -0.39 is 0 Å². The standard InChI is InChI=1S/C22H36O3/c1-16(11-14-25-18(3)24)7-9-19-17(2)8-10-20-21(4,15-23)12-6-13-22(19,20)5/h11,19-20,23H,2,6-10,12-15H2,1,3-5H3. The van der Waals surface area contributed by atoms with E-state index in [2.05, 4.69) is 27.4 Å². The molecule has 0 spiro atoms. The lowest BCUT2D eigenvalue weighted by Crippen LogP contribution is -2.51. The first-order valence-corrected chi connectivity index (χ1v) is 9.80. The number of fused-ring (bicyclic) bond motifs is 1. The van der Waals surface area contributed by atoms with Crippen molar-refractivity contribution in [3.63, 3.8) is 0 Å². The summed E-state index contributed by atoms with van der Waals surface area (Å²) in [6.45, 7) is 13.4. The molecule has 1 N–H and O–H groups in total. The summed E-state index contributed by atoms with van der Waals surface area (Å²) in [6, 6.07) is 0. The van der Waals surface area contributed by atoms with Gasteiger partial charge in [-0.3, -0.25) is 4.79 Å². The van der Waals surface area contributed by atoms with Gasteiger partial charge in [-0.05, 0) is 74.2 Å². The van der Waals surface area contributed by atoms with Crippen LogP contribution in [0.15, 0.2) is 23.8 Å². The molecule has 25 heavy (non-hydrogen) atoms. The van der Waals surface area contributed by atoms with Crippen LogP contribution in [0.25, 0.3) is 0 Å². The highest BCUT2D eigenvalue weighted by Crippen LogP contribution is 2.61. The van der Waals surface area contributed by atoms with Crippen LogP contribution < -0.4 is 0 Å². The Hall–Kier alpha value is -1.09. The molecule has 0 amide bonds. The van der Waals surface area contributed by atoms with Crippen molar-refractivity contribution >= 4 is 5.97 Å². The number of esters is 1. The summed E-state index contributed by atoms with van der Waals surface area (Å²) in [5.41, 5.74) is 2.99. The Bertz CT molecular complexity index is 535. The van der Waals surface area contributed by atoms with Crippen LogP contribution in [0.1, 0.15) is 72.6 Å². The minimum atomic E-state index is -0.231. The van der Waals surface area contributed by atoms with Crippen LogP contribution in [0.3, 0.4) is 0 Å². The molecule has 2 aliphatic rings. The van der Waals surface area contributed by atoms with Crippen molar-refractivity contribution < 1.29 is 14.6 Å². The number of carbonyl (C=O) groups excluding carboxylic acids is 1. The Morgan fingerprint density at radius 2 is 2.08 bits per heavy atom. The van der Waals surface area contributed by atoms with Gasteiger partial charge in [-0.2, -0.15) is 0 Å². The van der Waals surface area contributed by atoms with Gasteiger partial charge in [0.2, 0.25) is 0 Å². The van der Waals surface area contributed by atoms with Crippen molar-refractivity contribution in [3.05, 3.63) is 23.8 Å². The van der Waals surface area contributed by atoms with Crippen LogP contribution in [-0.4, -0.2) is 24.3 Å². The molecule has 0 saturated heterocycles. The monoisotopic (exact) mass is 348 g/mol. The first-order valence-electron chi connectivity index (χ1n) is 9.80. The van der Waals surface area contributed by atoms with Crippen molar-refractivity contribution in [2.24, 2.45) is 22.7 Å². The fourth-order valence-corrected chi connectivity index (χ4v) is 5.58. The molecule has 3 nitrogen and oxygen atoms in total. The zero-order chi connectivity index (χ0) is 18.7. The van der Waals surface area contributed by atoms with Crippen molar-refractivity contribution in [1.82, 2.24) is 0 Å². The molecule has 0 aromatic carbocycles. The number of carbonyl (C=O) groups is 1. The van der Waals surface area contributed by atoms with Crippen molar-refractivity contribution in [1.29, 1.82) is 0 Å². The Labute approximate surface area is 153 Å². The third-order valence-electron chi connectivity index (χ3n) is 7.05. The summed E-state index contributed by atoms with van der Waals surface area (Å²) in [6.07, 6.45) is 10.00. The summed E-state index contributed by atoms with van der Waals surface area (Å²) < 4.78 is 5.01. The lowest BCUT2D eigenvalue weighted by molar-refractivity contribution is -0.139. The molecule has 0 bridgehead atoms. The van der Waals surface area contributed by atoms with Crippen LogP contribution in [0, 0.1) is 22.7 Å². The number of hydrogen-bond acceptors (Lipinski definition) is 3. The molecule has 0 radical (unpaired) electrons. The number of rotatable bonds is 6. The first-order chi connectivity index (χ1) is 11.7. The molecule has 0 aliphatic heterocycles. The minimum absolute atomic E-state index is 0.0617. The normalized spacial score (nSPS) is 36.0. The van der Waals surface area contributed by atoms with E-state index in [-0.39, 0.29) is 16.8 Å². The predicted octanol–water partition coefficient (Wildman–Crippen LogP) is 5.05. The van der Waals surface area contributed by atoms with E-state index in [1.165, 1.54) is 37.3 Å². The Balaban J connectivity index is 2.08. The number of allylic oxidation sites excluding steroid dienone is 2. The van der Waals surface area contributed by atoms with Gasteiger partial charge < -0.3 is 9.84 Å². The van der Waals surface area contributed by atoms with E-state index in [0.29, 0.717) is 25.0 Å². The molecule has 2 rings (SSSR count). The molecular weight excluding hydrogens is 312 g/mol. The lowest BCUT2D eigenvalue weighted by Gasteiger charge is -2.58. The summed E-state index contributed by atoms with van der Waals surface area (Å²) >= 11 is 0. The maximum Gasteiger partial charge on any atom is 0.302 e. The van der Waals surface area contributed by atoms with Crippen LogP contribution >= 0.6 is 0 Å².